The molecule has 0 aromatic carbocycles. The molecule has 3 nitrogen and oxygen atoms in total. The monoisotopic (exact) mass is 239 g/mol. The largest absolute Gasteiger partial charge is 0.366 e. The molecule has 0 unspecified atom stereocenters. The lowest BCUT2D eigenvalue weighted by Crippen LogP contribution is -2.30. The first-order valence-corrected chi connectivity index (χ1v) is 6.17. The summed E-state index contributed by atoms with van der Waals surface area (Å²) < 4.78 is 0. The van der Waals surface area contributed by atoms with Crippen molar-refractivity contribution in [2.45, 2.75) is 45.6 Å². The highest BCUT2D eigenvalue weighted by Gasteiger charge is 2.26. The molecule has 0 aliphatic heterocycles. The Morgan fingerprint density at radius 1 is 1.31 bits per heavy atom. The molecular weight excluding hydrogens is 222 g/mol. The number of nitrogens with one attached hydrogen (secondary N) is 1. The Balaban J connectivity index is 1.92. The van der Waals surface area contributed by atoms with Gasteiger partial charge in [0.15, 0.2) is 0 Å². The average molecular weight is 240 g/mol. The van der Waals surface area contributed by atoms with E-state index in [0.29, 0.717) is 16.6 Å². The molecule has 0 amide bonds. The van der Waals surface area contributed by atoms with Crippen LogP contribution in [0.3, 0.4) is 0 Å². The van der Waals surface area contributed by atoms with Gasteiger partial charge in [-0.15, -0.1) is 0 Å². The fourth-order valence-electron chi connectivity index (χ4n) is 2.16. The van der Waals surface area contributed by atoms with Gasteiger partial charge in [0.25, 0.3) is 0 Å². The standard InChI is InChI=1S/C12H18ClN3/c1-12(2)5-3-9(4-6-12)15-11-8-14-7-10(13)16-11/h7-9H,3-6H2,1-2H3,(H,15,16). The minimum Gasteiger partial charge on any atom is -0.366 e. The molecule has 1 aliphatic carbocycles. The first-order chi connectivity index (χ1) is 7.55. The lowest BCUT2D eigenvalue weighted by molar-refractivity contribution is 0.232. The maximum atomic E-state index is 5.79. The minimum atomic E-state index is 0.445. The van der Waals surface area contributed by atoms with Crippen molar-refractivity contribution in [3.05, 3.63) is 17.5 Å². The van der Waals surface area contributed by atoms with Crippen LogP contribution in [-0.2, 0) is 0 Å². The van der Waals surface area contributed by atoms with Crippen LogP contribution < -0.4 is 5.32 Å². The zero-order valence-corrected chi connectivity index (χ0v) is 10.6. The molecule has 1 fully saturated rings. The van der Waals surface area contributed by atoms with E-state index < -0.39 is 0 Å². The van der Waals surface area contributed by atoms with Gasteiger partial charge in [-0.1, -0.05) is 25.4 Å². The number of halogens is 1. The van der Waals surface area contributed by atoms with Crippen LogP contribution in [0.2, 0.25) is 5.15 Å². The van der Waals surface area contributed by atoms with E-state index in [9.17, 15) is 0 Å². The average Bonchev–Trinajstić information content (AvgIpc) is 2.21. The molecule has 1 saturated carbocycles. The molecule has 1 aromatic rings. The molecule has 16 heavy (non-hydrogen) atoms. The molecule has 0 spiro atoms. The Kier molecular flexibility index (Phi) is 3.33. The topological polar surface area (TPSA) is 37.8 Å². The van der Waals surface area contributed by atoms with Crippen LogP contribution in [0.25, 0.3) is 0 Å². The fraction of sp³-hybridized carbons (Fsp3) is 0.667. The highest BCUT2D eigenvalue weighted by molar-refractivity contribution is 6.29. The van der Waals surface area contributed by atoms with E-state index in [-0.39, 0.29) is 0 Å². The molecule has 4 heteroatoms. The maximum absolute atomic E-state index is 5.79. The van der Waals surface area contributed by atoms with Crippen molar-refractivity contribution in [1.82, 2.24) is 9.97 Å². The Bertz CT molecular complexity index is 355. The second-order valence-corrected chi connectivity index (χ2v) is 5.70. The van der Waals surface area contributed by atoms with Gasteiger partial charge >= 0.3 is 0 Å². The Morgan fingerprint density at radius 2 is 2.00 bits per heavy atom. The zero-order chi connectivity index (χ0) is 11.6. The van der Waals surface area contributed by atoms with Crippen LogP contribution in [0, 0.1) is 5.41 Å². The van der Waals surface area contributed by atoms with Crippen molar-refractivity contribution < 1.29 is 0 Å². The van der Waals surface area contributed by atoms with E-state index in [4.69, 9.17) is 11.6 Å². The third kappa shape index (κ3) is 3.08. The van der Waals surface area contributed by atoms with Crippen LogP contribution >= 0.6 is 11.6 Å². The minimum absolute atomic E-state index is 0.445. The van der Waals surface area contributed by atoms with Crippen LogP contribution in [-0.4, -0.2) is 16.0 Å². The van der Waals surface area contributed by atoms with E-state index in [2.05, 4.69) is 29.1 Å². The molecule has 1 aromatic heterocycles. The van der Waals surface area contributed by atoms with Crippen molar-refractivity contribution in [2.24, 2.45) is 5.41 Å². The smallest absolute Gasteiger partial charge is 0.149 e. The summed E-state index contributed by atoms with van der Waals surface area (Å²) in [6, 6.07) is 0.515. The normalized spacial score (nSPS) is 20.7. The van der Waals surface area contributed by atoms with Gasteiger partial charge in [0.2, 0.25) is 0 Å². The molecule has 2 rings (SSSR count). The Labute approximate surface area is 102 Å². The van der Waals surface area contributed by atoms with Crippen LogP contribution in [0.1, 0.15) is 39.5 Å². The molecule has 1 N–H and O–H groups in total. The number of hydrogen-bond acceptors (Lipinski definition) is 3. The van der Waals surface area contributed by atoms with Crippen LogP contribution in [0.5, 0.6) is 0 Å². The van der Waals surface area contributed by atoms with Gasteiger partial charge in [0.1, 0.15) is 11.0 Å². The first-order valence-electron chi connectivity index (χ1n) is 5.79. The van der Waals surface area contributed by atoms with E-state index in [1.807, 2.05) is 0 Å². The predicted molar refractivity (Wildman–Crippen MR) is 66.7 cm³/mol. The van der Waals surface area contributed by atoms with E-state index in [1.165, 1.54) is 25.7 Å². The van der Waals surface area contributed by atoms with Gasteiger partial charge in [0, 0.05) is 6.04 Å². The van der Waals surface area contributed by atoms with Crippen LogP contribution in [0.4, 0.5) is 5.82 Å². The second-order valence-electron chi connectivity index (χ2n) is 5.31. The van der Waals surface area contributed by atoms with Crippen molar-refractivity contribution in [1.29, 1.82) is 0 Å². The van der Waals surface area contributed by atoms with Crippen molar-refractivity contribution in [3.8, 4) is 0 Å². The summed E-state index contributed by atoms with van der Waals surface area (Å²) >= 11 is 5.79. The molecule has 0 atom stereocenters. The maximum Gasteiger partial charge on any atom is 0.149 e. The highest BCUT2D eigenvalue weighted by atomic mass is 35.5. The van der Waals surface area contributed by atoms with E-state index >= 15 is 0 Å². The summed E-state index contributed by atoms with van der Waals surface area (Å²) in [7, 11) is 0. The van der Waals surface area contributed by atoms with Gasteiger partial charge in [-0.2, -0.15) is 0 Å². The van der Waals surface area contributed by atoms with Crippen LogP contribution in [0.15, 0.2) is 12.4 Å². The number of aromatic nitrogens is 2. The SMILES string of the molecule is CC1(C)CCC(Nc2cncc(Cl)n2)CC1. The summed E-state index contributed by atoms with van der Waals surface area (Å²) in [5.41, 5.74) is 0.498. The number of hydrogen-bond donors (Lipinski definition) is 1. The van der Waals surface area contributed by atoms with E-state index in [1.54, 1.807) is 12.4 Å². The molecule has 1 heterocycles. The third-order valence-corrected chi connectivity index (χ3v) is 3.48. The third-order valence-electron chi connectivity index (χ3n) is 3.30. The fourth-order valence-corrected chi connectivity index (χ4v) is 2.31. The number of rotatable bonds is 2. The predicted octanol–water partition coefficient (Wildman–Crippen LogP) is 3.51. The molecule has 0 radical (unpaired) electrons. The molecular formula is C12H18ClN3. The molecule has 0 bridgehead atoms. The summed E-state index contributed by atoms with van der Waals surface area (Å²) in [6.45, 7) is 4.67. The zero-order valence-electron chi connectivity index (χ0n) is 9.83. The van der Waals surface area contributed by atoms with Gasteiger partial charge in [-0.25, -0.2) is 4.98 Å². The van der Waals surface area contributed by atoms with Gasteiger partial charge in [-0.05, 0) is 31.1 Å². The lowest BCUT2D eigenvalue weighted by Gasteiger charge is -2.34. The Morgan fingerprint density at radius 3 is 2.62 bits per heavy atom. The lowest BCUT2D eigenvalue weighted by atomic mass is 9.75. The van der Waals surface area contributed by atoms with Crippen molar-refractivity contribution >= 4 is 17.4 Å². The van der Waals surface area contributed by atoms with Gasteiger partial charge in [-0.3, -0.25) is 4.98 Å². The van der Waals surface area contributed by atoms with Crippen molar-refractivity contribution in [2.75, 3.05) is 5.32 Å². The molecule has 88 valence electrons. The summed E-state index contributed by atoms with van der Waals surface area (Å²) in [4.78, 5) is 8.22. The Hall–Kier alpha value is -0.830. The molecule has 1 aliphatic rings. The summed E-state index contributed by atoms with van der Waals surface area (Å²) in [6.07, 6.45) is 8.20. The van der Waals surface area contributed by atoms with Crippen molar-refractivity contribution in [3.63, 3.8) is 0 Å². The number of nitrogens with zero attached hydrogens (tertiary/aromatic N) is 2. The van der Waals surface area contributed by atoms with Gasteiger partial charge < -0.3 is 5.32 Å². The number of anilines is 1. The first kappa shape index (κ1) is 11.6. The summed E-state index contributed by atoms with van der Waals surface area (Å²) in [5.74, 6) is 0.789. The highest BCUT2D eigenvalue weighted by Crippen LogP contribution is 2.35. The van der Waals surface area contributed by atoms with Gasteiger partial charge in [0.05, 0.1) is 12.4 Å². The quantitative estimate of drug-likeness (QED) is 0.858. The molecule has 0 saturated heterocycles. The van der Waals surface area contributed by atoms with E-state index in [0.717, 1.165) is 5.82 Å². The second kappa shape index (κ2) is 4.58. The summed E-state index contributed by atoms with van der Waals surface area (Å²) in [5, 5.41) is 3.85.